The van der Waals surface area contributed by atoms with Crippen molar-refractivity contribution in [2.45, 2.75) is 109 Å². The van der Waals surface area contributed by atoms with E-state index in [1.807, 2.05) is 67.7 Å². The Morgan fingerprint density at radius 1 is 1.03 bits per heavy atom. The van der Waals surface area contributed by atoms with Crippen LogP contribution in [0.15, 0.2) is 22.1 Å². The molecule has 0 bridgehead atoms. The van der Waals surface area contributed by atoms with Crippen LogP contribution < -0.4 is 17.2 Å². The first-order valence-corrected chi connectivity index (χ1v) is 19.5. The zero-order valence-electron chi connectivity index (χ0n) is 23.7. The number of hydrogen-bond donors (Lipinski definition) is 2. The smallest absolute Gasteiger partial charge is 0.351 e. The Morgan fingerprint density at radius 3 is 2.00 bits per heavy atom. The molecule has 37 heavy (non-hydrogen) atoms. The van der Waals surface area contributed by atoms with Crippen LogP contribution in [0.1, 0.15) is 53.3 Å². The van der Waals surface area contributed by atoms with E-state index in [-0.39, 0.29) is 21.6 Å². The Balaban J connectivity index is 2.30. The summed E-state index contributed by atoms with van der Waals surface area (Å²) < 4.78 is 52.5. The first-order chi connectivity index (χ1) is 16.5. The summed E-state index contributed by atoms with van der Waals surface area (Å²) in [6.45, 7) is 22.0. The van der Waals surface area contributed by atoms with E-state index in [9.17, 15) is 13.2 Å². The normalized spacial score (nSPS) is 28.6. The van der Waals surface area contributed by atoms with Gasteiger partial charge >= 0.3 is 5.69 Å². The van der Waals surface area contributed by atoms with E-state index in [1.165, 1.54) is 10.8 Å². The van der Waals surface area contributed by atoms with Crippen molar-refractivity contribution in [3.05, 3.63) is 33.3 Å². The minimum atomic E-state index is -4.19. The molecule has 3 heterocycles. The summed E-state index contributed by atoms with van der Waals surface area (Å²) in [6, 6.07) is 0. The fourth-order valence-corrected chi connectivity index (χ4v) is 7.31. The predicted octanol–water partition coefficient (Wildman–Crippen LogP) is 3.30. The van der Waals surface area contributed by atoms with Crippen molar-refractivity contribution in [1.82, 2.24) is 9.55 Å². The Bertz CT molecular complexity index is 1270. The number of anilines is 1. The first-order valence-electron chi connectivity index (χ1n) is 12.2. The van der Waals surface area contributed by atoms with Crippen molar-refractivity contribution in [2.75, 3.05) is 5.73 Å². The standard InChI is InChI=1S/C23H42N4O7SSi2/c1-14-12-27(20(28)26-17(14)25)18-16(32-36(8,9)21(2,3)4)23(15(24)13-35(29,30)34-23)19(31-18)33-37(10,11)22(5,6)7/h12-13,16,18-19H,24H2,1-11H3,(H2,25,26,28)/t16?,18-,19-,23?/m1/s1. The molecule has 0 aliphatic carbocycles. The zero-order valence-corrected chi connectivity index (χ0v) is 26.5. The van der Waals surface area contributed by atoms with Gasteiger partial charge in [0.05, 0.1) is 11.1 Å². The summed E-state index contributed by atoms with van der Waals surface area (Å²) in [7, 11) is -9.39. The Kier molecular flexibility index (Phi) is 7.29. The number of ether oxygens (including phenoxy) is 1. The molecule has 2 aliphatic rings. The molecule has 14 heteroatoms. The van der Waals surface area contributed by atoms with Crippen molar-refractivity contribution in [2.24, 2.45) is 5.73 Å². The lowest BCUT2D eigenvalue weighted by atomic mass is 9.94. The maximum Gasteiger partial charge on any atom is 0.351 e. The Labute approximate surface area is 221 Å². The molecule has 3 rings (SSSR count). The van der Waals surface area contributed by atoms with Crippen molar-refractivity contribution in [3.8, 4) is 0 Å². The molecule has 0 amide bonds. The topological polar surface area (TPSA) is 158 Å². The summed E-state index contributed by atoms with van der Waals surface area (Å²) in [6.07, 6.45) is -2.04. The zero-order chi connectivity index (χ0) is 28.6. The maximum atomic E-state index is 13.1. The third-order valence-electron chi connectivity index (χ3n) is 8.15. The van der Waals surface area contributed by atoms with Crippen LogP contribution in [0.4, 0.5) is 5.82 Å². The number of rotatable bonds is 5. The highest BCUT2D eigenvalue weighted by Crippen LogP contribution is 2.53. The number of nitrogen functional groups attached to an aromatic ring is 1. The average molecular weight is 575 g/mol. The van der Waals surface area contributed by atoms with E-state index in [0.29, 0.717) is 5.56 Å². The van der Waals surface area contributed by atoms with Crippen LogP contribution in [0, 0.1) is 6.92 Å². The molecule has 4 atom stereocenters. The second-order valence-electron chi connectivity index (χ2n) is 13.0. The minimum absolute atomic E-state index is 0.0870. The fraction of sp³-hybridized carbons (Fsp3) is 0.739. The third-order valence-corrected chi connectivity index (χ3v) is 18.1. The molecule has 11 nitrogen and oxygen atoms in total. The summed E-state index contributed by atoms with van der Waals surface area (Å²) in [5.41, 5.74) is 10.2. The molecule has 1 fully saturated rings. The fourth-order valence-electron chi connectivity index (χ4n) is 3.72. The average Bonchev–Trinajstić information content (AvgIpc) is 3.09. The molecule has 210 valence electrons. The quantitative estimate of drug-likeness (QED) is 0.395. The highest BCUT2D eigenvalue weighted by molar-refractivity contribution is 7.90. The van der Waals surface area contributed by atoms with Gasteiger partial charge in [0.15, 0.2) is 29.2 Å². The van der Waals surface area contributed by atoms with Crippen molar-refractivity contribution in [3.63, 3.8) is 0 Å². The van der Waals surface area contributed by atoms with E-state index >= 15 is 0 Å². The second kappa shape index (κ2) is 9.00. The number of nitrogens with zero attached hydrogens (tertiary/aromatic N) is 2. The first kappa shape index (κ1) is 30.0. The van der Waals surface area contributed by atoms with Gasteiger partial charge in [-0.3, -0.25) is 4.57 Å². The summed E-state index contributed by atoms with van der Waals surface area (Å²) in [5.74, 6) is 0.0870. The molecule has 0 radical (unpaired) electrons. The van der Waals surface area contributed by atoms with Crippen LogP contribution in [0.2, 0.25) is 36.3 Å². The predicted molar refractivity (Wildman–Crippen MR) is 147 cm³/mol. The van der Waals surface area contributed by atoms with E-state index < -0.39 is 56.7 Å². The summed E-state index contributed by atoms with van der Waals surface area (Å²) in [5, 5.41) is 0.350. The molecule has 2 unspecified atom stereocenters. The molecule has 1 saturated heterocycles. The van der Waals surface area contributed by atoms with Crippen LogP contribution >= 0.6 is 0 Å². The van der Waals surface area contributed by atoms with E-state index in [4.69, 9.17) is 29.2 Å². The molecule has 4 N–H and O–H groups in total. The highest BCUT2D eigenvalue weighted by Gasteiger charge is 2.69. The lowest BCUT2D eigenvalue weighted by molar-refractivity contribution is -0.147. The van der Waals surface area contributed by atoms with Gasteiger partial charge in [-0.15, -0.1) is 0 Å². The molecule has 1 aromatic heterocycles. The van der Waals surface area contributed by atoms with Crippen molar-refractivity contribution < 1.29 is 26.2 Å². The van der Waals surface area contributed by atoms with E-state index in [1.54, 1.807) is 6.92 Å². The van der Waals surface area contributed by atoms with Gasteiger partial charge in [0.1, 0.15) is 11.9 Å². The van der Waals surface area contributed by atoms with Gasteiger partial charge in [0.25, 0.3) is 10.1 Å². The van der Waals surface area contributed by atoms with Gasteiger partial charge in [-0.1, -0.05) is 41.5 Å². The summed E-state index contributed by atoms with van der Waals surface area (Å²) >= 11 is 0. The van der Waals surface area contributed by atoms with Gasteiger partial charge in [0, 0.05) is 11.8 Å². The Morgan fingerprint density at radius 2 is 1.54 bits per heavy atom. The molecule has 2 aliphatic heterocycles. The molecule has 1 aromatic rings. The van der Waals surface area contributed by atoms with Crippen LogP contribution in [0.25, 0.3) is 0 Å². The van der Waals surface area contributed by atoms with Crippen LogP contribution in [0.3, 0.4) is 0 Å². The largest absolute Gasteiger partial charge is 0.406 e. The van der Waals surface area contributed by atoms with Gasteiger partial charge in [-0.05, 0) is 43.2 Å². The van der Waals surface area contributed by atoms with Crippen molar-refractivity contribution in [1.29, 1.82) is 0 Å². The van der Waals surface area contributed by atoms with Gasteiger partial charge in [-0.2, -0.15) is 13.4 Å². The monoisotopic (exact) mass is 574 g/mol. The van der Waals surface area contributed by atoms with Gasteiger partial charge in [0.2, 0.25) is 5.60 Å². The molecule has 1 spiro atoms. The SMILES string of the molecule is Cc1cn([C@@H]2O[C@H](O[Si](C)(C)C(C)(C)C)C3(OS(=O)(=O)C=C3N)C2O[Si](C)(C)C(C)(C)C)c(=O)nc1N. The van der Waals surface area contributed by atoms with Crippen LogP contribution in [-0.4, -0.2) is 52.6 Å². The van der Waals surface area contributed by atoms with Crippen molar-refractivity contribution >= 4 is 32.6 Å². The lowest BCUT2D eigenvalue weighted by Gasteiger charge is -2.44. The maximum absolute atomic E-state index is 13.1. The molecular formula is C23H42N4O7SSi2. The van der Waals surface area contributed by atoms with Gasteiger partial charge < -0.3 is 25.1 Å². The highest BCUT2D eigenvalue weighted by atomic mass is 32.2. The molecular weight excluding hydrogens is 533 g/mol. The number of aryl methyl sites for hydroxylation is 1. The van der Waals surface area contributed by atoms with E-state index in [0.717, 1.165) is 5.41 Å². The van der Waals surface area contributed by atoms with Crippen LogP contribution in [0.5, 0.6) is 0 Å². The molecule has 0 aromatic carbocycles. The third kappa shape index (κ3) is 5.21. The Hall–Kier alpha value is -1.56. The number of hydrogen-bond acceptors (Lipinski definition) is 10. The lowest BCUT2D eigenvalue weighted by Crippen LogP contribution is -2.60. The minimum Gasteiger partial charge on any atom is -0.406 e. The second-order valence-corrected chi connectivity index (χ2v) is 23.9. The van der Waals surface area contributed by atoms with E-state index in [2.05, 4.69) is 4.98 Å². The number of aromatic nitrogens is 2. The summed E-state index contributed by atoms with van der Waals surface area (Å²) in [4.78, 5) is 17.0. The van der Waals surface area contributed by atoms with Gasteiger partial charge in [-0.25, -0.2) is 8.98 Å². The van der Waals surface area contributed by atoms with Crippen LogP contribution in [-0.2, 0) is 27.9 Å². The number of nitrogens with two attached hydrogens (primary N) is 2. The molecule has 0 saturated carbocycles.